The Hall–Kier alpha value is -2.56. The summed E-state index contributed by atoms with van der Waals surface area (Å²) in [6, 6.07) is 10.3. The second-order valence-electron chi connectivity index (χ2n) is 4.10. The predicted molar refractivity (Wildman–Crippen MR) is 69.6 cm³/mol. The summed E-state index contributed by atoms with van der Waals surface area (Å²) in [7, 11) is 0. The summed E-state index contributed by atoms with van der Waals surface area (Å²) in [5.41, 5.74) is 5.59. The van der Waals surface area contributed by atoms with Crippen LogP contribution in [0.3, 0.4) is 0 Å². The first-order valence-electron chi connectivity index (χ1n) is 5.80. The molecule has 2 aromatic rings. The van der Waals surface area contributed by atoms with Crippen molar-refractivity contribution in [1.82, 2.24) is 10.9 Å². The number of hydrogen-bond donors (Lipinski definition) is 2. The van der Waals surface area contributed by atoms with E-state index in [1.165, 1.54) is 0 Å². The van der Waals surface area contributed by atoms with Crippen LogP contribution in [-0.2, 0) is 0 Å². The van der Waals surface area contributed by atoms with E-state index in [-0.39, 0.29) is 5.91 Å². The van der Waals surface area contributed by atoms with E-state index >= 15 is 0 Å². The quantitative estimate of drug-likeness (QED) is 0.809. The van der Waals surface area contributed by atoms with Gasteiger partial charge >= 0.3 is 0 Å². The average Bonchev–Trinajstić information content (AvgIpc) is 2.75. The summed E-state index contributed by atoms with van der Waals surface area (Å²) < 4.78 is 5.25. The molecule has 2 rings (SSSR count). The van der Waals surface area contributed by atoms with Gasteiger partial charge < -0.3 is 4.42 Å². The molecule has 5 heteroatoms. The van der Waals surface area contributed by atoms with Crippen LogP contribution in [0.1, 0.15) is 32.2 Å². The zero-order valence-electron chi connectivity index (χ0n) is 10.7. The second-order valence-corrected chi connectivity index (χ2v) is 4.10. The molecule has 2 N–H and O–H groups in total. The molecule has 0 aliphatic rings. The average molecular weight is 258 g/mol. The fourth-order valence-electron chi connectivity index (χ4n) is 1.70. The number of amides is 2. The summed E-state index contributed by atoms with van der Waals surface area (Å²) in [4.78, 5) is 23.6. The molecule has 0 radical (unpaired) electrons. The largest absolute Gasteiger partial charge is 0.466 e. The lowest BCUT2D eigenvalue weighted by molar-refractivity contribution is 0.0845. The number of hydrazine groups is 1. The van der Waals surface area contributed by atoms with Gasteiger partial charge in [-0.15, -0.1) is 0 Å². The molecule has 0 atom stereocenters. The minimum Gasteiger partial charge on any atom is -0.466 e. The molecular formula is C14H14N2O3. The van der Waals surface area contributed by atoms with Crippen molar-refractivity contribution in [3.05, 3.63) is 59.0 Å². The summed E-state index contributed by atoms with van der Waals surface area (Å²) in [5, 5.41) is 0. The summed E-state index contributed by atoms with van der Waals surface area (Å²) in [6.45, 7) is 3.45. The van der Waals surface area contributed by atoms with Gasteiger partial charge in [0.15, 0.2) is 0 Å². The Bertz CT molecular complexity index is 602. The van der Waals surface area contributed by atoms with Gasteiger partial charge in [-0.3, -0.25) is 20.4 Å². The number of nitrogens with one attached hydrogen (secondary N) is 2. The third kappa shape index (κ3) is 3.01. The van der Waals surface area contributed by atoms with Crippen molar-refractivity contribution in [3.8, 4) is 0 Å². The molecule has 0 saturated carbocycles. The Kier molecular flexibility index (Phi) is 3.66. The van der Waals surface area contributed by atoms with E-state index < -0.39 is 5.91 Å². The fraction of sp³-hybridized carbons (Fsp3) is 0.143. The fourth-order valence-corrected chi connectivity index (χ4v) is 1.70. The maximum Gasteiger partial charge on any atom is 0.273 e. The molecule has 0 aliphatic carbocycles. The van der Waals surface area contributed by atoms with Crippen LogP contribution in [0.5, 0.6) is 0 Å². The Balaban J connectivity index is 1.98. The zero-order chi connectivity index (χ0) is 13.8. The number of rotatable bonds is 2. The number of carbonyl (C=O) groups is 2. The first-order valence-corrected chi connectivity index (χ1v) is 5.80. The molecule has 19 heavy (non-hydrogen) atoms. The standard InChI is InChI=1S/C14H14N2O3/c1-9-8-12(10(2)19-9)14(18)16-15-13(17)11-6-4-3-5-7-11/h3-8H,1-2H3,(H,15,17)(H,16,18). The van der Waals surface area contributed by atoms with Gasteiger partial charge in [0.25, 0.3) is 11.8 Å². The Morgan fingerprint density at radius 1 is 1.00 bits per heavy atom. The van der Waals surface area contributed by atoms with E-state index in [4.69, 9.17) is 4.42 Å². The molecule has 0 saturated heterocycles. The first kappa shape index (κ1) is 12.9. The van der Waals surface area contributed by atoms with Crippen LogP contribution < -0.4 is 10.9 Å². The van der Waals surface area contributed by atoms with Gasteiger partial charge in [-0.25, -0.2) is 0 Å². The van der Waals surface area contributed by atoms with Gasteiger partial charge in [-0.05, 0) is 32.0 Å². The van der Waals surface area contributed by atoms with Crippen LogP contribution in [-0.4, -0.2) is 11.8 Å². The SMILES string of the molecule is Cc1cc(C(=O)NNC(=O)c2ccccc2)c(C)o1. The van der Waals surface area contributed by atoms with Crippen molar-refractivity contribution in [2.45, 2.75) is 13.8 Å². The van der Waals surface area contributed by atoms with Crippen LogP contribution in [0.15, 0.2) is 40.8 Å². The molecule has 1 heterocycles. The van der Waals surface area contributed by atoms with Crippen LogP contribution >= 0.6 is 0 Å². The smallest absolute Gasteiger partial charge is 0.273 e. The van der Waals surface area contributed by atoms with Crippen LogP contribution in [0.25, 0.3) is 0 Å². The van der Waals surface area contributed by atoms with Gasteiger partial charge in [0.1, 0.15) is 11.5 Å². The lowest BCUT2D eigenvalue weighted by Gasteiger charge is -2.06. The highest BCUT2D eigenvalue weighted by Crippen LogP contribution is 2.12. The highest BCUT2D eigenvalue weighted by molar-refractivity contribution is 5.99. The number of benzene rings is 1. The van der Waals surface area contributed by atoms with Crippen molar-refractivity contribution < 1.29 is 14.0 Å². The third-order valence-electron chi connectivity index (χ3n) is 2.61. The minimum absolute atomic E-state index is 0.369. The van der Waals surface area contributed by atoms with Crippen molar-refractivity contribution >= 4 is 11.8 Å². The predicted octanol–water partition coefficient (Wildman–Crippen LogP) is 1.97. The number of carbonyl (C=O) groups excluding carboxylic acids is 2. The third-order valence-corrected chi connectivity index (χ3v) is 2.61. The molecule has 0 unspecified atom stereocenters. The maximum absolute atomic E-state index is 11.8. The van der Waals surface area contributed by atoms with Crippen molar-refractivity contribution in [3.63, 3.8) is 0 Å². The molecule has 1 aromatic heterocycles. The molecule has 2 amide bonds. The van der Waals surface area contributed by atoms with E-state index in [2.05, 4.69) is 10.9 Å². The molecule has 1 aromatic carbocycles. The van der Waals surface area contributed by atoms with Crippen LogP contribution in [0, 0.1) is 13.8 Å². The molecular weight excluding hydrogens is 244 g/mol. The summed E-state index contributed by atoms with van der Waals surface area (Å²) in [6.07, 6.45) is 0. The Morgan fingerprint density at radius 2 is 1.63 bits per heavy atom. The molecule has 5 nitrogen and oxygen atoms in total. The van der Waals surface area contributed by atoms with E-state index in [1.54, 1.807) is 44.2 Å². The van der Waals surface area contributed by atoms with E-state index in [0.717, 1.165) is 0 Å². The Morgan fingerprint density at radius 3 is 2.21 bits per heavy atom. The van der Waals surface area contributed by atoms with Crippen molar-refractivity contribution in [1.29, 1.82) is 0 Å². The molecule has 0 spiro atoms. The van der Waals surface area contributed by atoms with Gasteiger partial charge in [-0.1, -0.05) is 18.2 Å². The van der Waals surface area contributed by atoms with Gasteiger partial charge in [0.05, 0.1) is 5.56 Å². The topological polar surface area (TPSA) is 71.3 Å². The molecule has 0 fully saturated rings. The van der Waals surface area contributed by atoms with Crippen LogP contribution in [0.4, 0.5) is 0 Å². The monoisotopic (exact) mass is 258 g/mol. The van der Waals surface area contributed by atoms with E-state index in [0.29, 0.717) is 22.6 Å². The van der Waals surface area contributed by atoms with E-state index in [9.17, 15) is 9.59 Å². The molecule has 0 bridgehead atoms. The van der Waals surface area contributed by atoms with Gasteiger partial charge in [0.2, 0.25) is 0 Å². The highest BCUT2D eigenvalue weighted by atomic mass is 16.3. The lowest BCUT2D eigenvalue weighted by atomic mass is 10.2. The van der Waals surface area contributed by atoms with E-state index in [1.807, 2.05) is 6.07 Å². The Labute approximate surface area is 110 Å². The number of furan rings is 1. The molecule has 98 valence electrons. The van der Waals surface area contributed by atoms with Gasteiger partial charge in [-0.2, -0.15) is 0 Å². The normalized spacial score (nSPS) is 10.0. The minimum atomic E-state index is -0.404. The summed E-state index contributed by atoms with van der Waals surface area (Å²) in [5.74, 6) is 0.395. The molecule has 0 aliphatic heterocycles. The van der Waals surface area contributed by atoms with Crippen LogP contribution in [0.2, 0.25) is 0 Å². The van der Waals surface area contributed by atoms with Crippen molar-refractivity contribution in [2.75, 3.05) is 0 Å². The highest BCUT2D eigenvalue weighted by Gasteiger charge is 2.14. The zero-order valence-corrected chi connectivity index (χ0v) is 10.7. The summed E-state index contributed by atoms with van der Waals surface area (Å²) >= 11 is 0. The number of hydrogen-bond acceptors (Lipinski definition) is 3. The maximum atomic E-state index is 11.8. The first-order chi connectivity index (χ1) is 9.08. The number of aryl methyl sites for hydroxylation is 2. The van der Waals surface area contributed by atoms with Gasteiger partial charge in [0, 0.05) is 5.56 Å². The van der Waals surface area contributed by atoms with Crippen molar-refractivity contribution in [2.24, 2.45) is 0 Å². The lowest BCUT2D eigenvalue weighted by Crippen LogP contribution is -2.41. The second kappa shape index (κ2) is 5.39.